The molecule has 8 nitrogen and oxygen atoms in total. The largest absolute Gasteiger partial charge is 0.483 e. The Bertz CT molecular complexity index is 812. The van der Waals surface area contributed by atoms with E-state index < -0.39 is 0 Å². The Labute approximate surface area is 158 Å². The normalized spacial score (nSPS) is 14.1. The number of amides is 2. The summed E-state index contributed by atoms with van der Waals surface area (Å²) in [6.45, 7) is 6.27. The zero-order valence-electron chi connectivity index (χ0n) is 15.6. The van der Waals surface area contributed by atoms with Gasteiger partial charge in [0.15, 0.2) is 6.61 Å². The SMILES string of the molecule is CCn1ncc(NC(=O)COc2ccccc2C)c1C(=O)N1CCOCC1. The van der Waals surface area contributed by atoms with Crippen LogP contribution >= 0.6 is 0 Å². The van der Waals surface area contributed by atoms with Gasteiger partial charge in [-0.2, -0.15) is 5.10 Å². The van der Waals surface area contributed by atoms with Crippen molar-refractivity contribution in [3.05, 3.63) is 41.7 Å². The van der Waals surface area contributed by atoms with Crippen LogP contribution in [-0.4, -0.2) is 59.4 Å². The van der Waals surface area contributed by atoms with Crippen molar-refractivity contribution >= 4 is 17.5 Å². The van der Waals surface area contributed by atoms with Crippen LogP contribution in [0, 0.1) is 6.92 Å². The van der Waals surface area contributed by atoms with E-state index in [1.54, 1.807) is 9.58 Å². The Morgan fingerprint density at radius 1 is 1.26 bits per heavy atom. The average molecular weight is 372 g/mol. The van der Waals surface area contributed by atoms with Crippen LogP contribution in [-0.2, 0) is 16.1 Å². The minimum absolute atomic E-state index is 0.145. The molecule has 27 heavy (non-hydrogen) atoms. The van der Waals surface area contributed by atoms with Crippen LogP contribution in [0.2, 0.25) is 0 Å². The summed E-state index contributed by atoms with van der Waals surface area (Å²) in [5.41, 5.74) is 1.72. The van der Waals surface area contributed by atoms with Crippen LogP contribution in [0.4, 0.5) is 5.69 Å². The fraction of sp³-hybridized carbons (Fsp3) is 0.421. The van der Waals surface area contributed by atoms with Crippen molar-refractivity contribution in [1.82, 2.24) is 14.7 Å². The lowest BCUT2D eigenvalue weighted by Crippen LogP contribution is -2.41. The summed E-state index contributed by atoms with van der Waals surface area (Å²) in [7, 11) is 0. The molecule has 0 radical (unpaired) electrons. The first kappa shape index (κ1) is 18.9. The van der Waals surface area contributed by atoms with Crippen molar-refractivity contribution in [2.75, 3.05) is 38.2 Å². The van der Waals surface area contributed by atoms with Gasteiger partial charge in [0.1, 0.15) is 11.4 Å². The van der Waals surface area contributed by atoms with E-state index in [2.05, 4.69) is 10.4 Å². The molecule has 0 atom stereocenters. The molecule has 1 aliphatic rings. The molecule has 3 rings (SSSR count). The van der Waals surface area contributed by atoms with Crippen LogP contribution in [0.3, 0.4) is 0 Å². The first-order valence-electron chi connectivity index (χ1n) is 9.01. The van der Waals surface area contributed by atoms with Gasteiger partial charge in [0.2, 0.25) is 0 Å². The second kappa shape index (κ2) is 8.68. The molecule has 0 unspecified atom stereocenters. The van der Waals surface area contributed by atoms with E-state index in [0.717, 1.165) is 5.56 Å². The average Bonchev–Trinajstić information content (AvgIpc) is 3.10. The summed E-state index contributed by atoms with van der Waals surface area (Å²) >= 11 is 0. The monoisotopic (exact) mass is 372 g/mol. The highest BCUT2D eigenvalue weighted by Crippen LogP contribution is 2.19. The summed E-state index contributed by atoms with van der Waals surface area (Å²) in [4.78, 5) is 26.9. The Kier molecular flexibility index (Phi) is 6.08. The van der Waals surface area contributed by atoms with Crippen molar-refractivity contribution < 1.29 is 19.1 Å². The molecule has 2 amide bonds. The van der Waals surface area contributed by atoms with Crippen LogP contribution in [0.5, 0.6) is 5.75 Å². The van der Waals surface area contributed by atoms with Crippen LogP contribution in [0.25, 0.3) is 0 Å². The number of carbonyl (C=O) groups excluding carboxylic acids is 2. The lowest BCUT2D eigenvalue weighted by molar-refractivity contribution is -0.118. The van der Waals surface area contributed by atoms with E-state index in [4.69, 9.17) is 9.47 Å². The lowest BCUT2D eigenvalue weighted by atomic mass is 10.2. The van der Waals surface area contributed by atoms with Crippen molar-refractivity contribution in [1.29, 1.82) is 0 Å². The van der Waals surface area contributed by atoms with Gasteiger partial charge in [-0.15, -0.1) is 0 Å². The van der Waals surface area contributed by atoms with E-state index in [1.165, 1.54) is 6.20 Å². The van der Waals surface area contributed by atoms with Crippen molar-refractivity contribution in [2.24, 2.45) is 0 Å². The Morgan fingerprint density at radius 3 is 2.70 bits per heavy atom. The third-order valence-corrected chi connectivity index (χ3v) is 4.37. The number of hydrogen-bond acceptors (Lipinski definition) is 5. The third kappa shape index (κ3) is 4.46. The topological polar surface area (TPSA) is 85.7 Å². The summed E-state index contributed by atoms with van der Waals surface area (Å²) in [5, 5.41) is 6.97. The molecule has 1 aromatic heterocycles. The molecule has 1 N–H and O–H groups in total. The quantitative estimate of drug-likeness (QED) is 0.834. The number of para-hydroxylation sites is 1. The fourth-order valence-corrected chi connectivity index (χ4v) is 2.91. The van der Waals surface area contributed by atoms with Crippen molar-refractivity contribution in [3.8, 4) is 5.75 Å². The van der Waals surface area contributed by atoms with Gasteiger partial charge < -0.3 is 19.7 Å². The number of nitrogens with zero attached hydrogens (tertiary/aromatic N) is 3. The lowest BCUT2D eigenvalue weighted by Gasteiger charge is -2.27. The van der Waals surface area contributed by atoms with Crippen molar-refractivity contribution in [3.63, 3.8) is 0 Å². The van der Waals surface area contributed by atoms with Gasteiger partial charge >= 0.3 is 0 Å². The second-order valence-corrected chi connectivity index (χ2v) is 6.23. The van der Waals surface area contributed by atoms with E-state index in [-0.39, 0.29) is 18.4 Å². The van der Waals surface area contributed by atoms with Gasteiger partial charge in [-0.25, -0.2) is 0 Å². The van der Waals surface area contributed by atoms with Gasteiger partial charge in [0, 0.05) is 19.6 Å². The molecule has 1 aromatic carbocycles. The van der Waals surface area contributed by atoms with Gasteiger partial charge in [-0.1, -0.05) is 18.2 Å². The van der Waals surface area contributed by atoms with Crippen molar-refractivity contribution in [2.45, 2.75) is 20.4 Å². The molecule has 0 spiro atoms. The maximum Gasteiger partial charge on any atom is 0.274 e. The Balaban J connectivity index is 1.69. The zero-order valence-corrected chi connectivity index (χ0v) is 15.6. The summed E-state index contributed by atoms with van der Waals surface area (Å²) < 4.78 is 12.5. The summed E-state index contributed by atoms with van der Waals surface area (Å²) in [6.07, 6.45) is 1.50. The van der Waals surface area contributed by atoms with E-state index >= 15 is 0 Å². The molecule has 8 heteroatoms. The van der Waals surface area contributed by atoms with Gasteiger partial charge in [-0.3, -0.25) is 14.3 Å². The molecule has 1 saturated heterocycles. The summed E-state index contributed by atoms with van der Waals surface area (Å²) in [5.74, 6) is 0.152. The maximum atomic E-state index is 12.9. The number of ether oxygens (including phenoxy) is 2. The highest BCUT2D eigenvalue weighted by Gasteiger charge is 2.26. The smallest absolute Gasteiger partial charge is 0.274 e. The van der Waals surface area contributed by atoms with Crippen LogP contribution < -0.4 is 10.1 Å². The number of aryl methyl sites for hydroxylation is 2. The number of benzene rings is 1. The molecule has 1 aliphatic heterocycles. The highest BCUT2D eigenvalue weighted by molar-refractivity contribution is 6.02. The number of anilines is 1. The third-order valence-electron chi connectivity index (χ3n) is 4.37. The maximum absolute atomic E-state index is 12.9. The first-order valence-corrected chi connectivity index (χ1v) is 9.01. The van der Waals surface area contributed by atoms with E-state index in [0.29, 0.717) is 50.0 Å². The number of carbonyl (C=O) groups is 2. The molecular formula is C19H24N4O4. The number of hydrogen-bond donors (Lipinski definition) is 1. The molecule has 2 aromatic rings. The molecule has 144 valence electrons. The van der Waals surface area contributed by atoms with E-state index in [1.807, 2.05) is 38.1 Å². The Hall–Kier alpha value is -2.87. The molecule has 2 heterocycles. The minimum Gasteiger partial charge on any atom is -0.483 e. The predicted octanol–water partition coefficient (Wildman–Crippen LogP) is 1.70. The van der Waals surface area contributed by atoms with Crippen LogP contribution in [0.1, 0.15) is 23.0 Å². The van der Waals surface area contributed by atoms with Crippen LogP contribution in [0.15, 0.2) is 30.5 Å². The van der Waals surface area contributed by atoms with Gasteiger partial charge in [-0.05, 0) is 25.5 Å². The highest BCUT2D eigenvalue weighted by atomic mass is 16.5. The number of morpholine rings is 1. The second-order valence-electron chi connectivity index (χ2n) is 6.23. The number of rotatable bonds is 6. The molecule has 0 aliphatic carbocycles. The summed E-state index contributed by atoms with van der Waals surface area (Å²) in [6, 6.07) is 7.48. The fourth-order valence-electron chi connectivity index (χ4n) is 2.91. The van der Waals surface area contributed by atoms with Gasteiger partial charge in [0.05, 0.1) is 25.1 Å². The number of nitrogens with one attached hydrogen (secondary N) is 1. The Morgan fingerprint density at radius 2 is 2.00 bits per heavy atom. The molecule has 0 saturated carbocycles. The first-order chi connectivity index (χ1) is 13.1. The number of aromatic nitrogens is 2. The standard InChI is InChI=1S/C19H24N4O4/c1-3-23-18(19(25)22-8-10-26-11-9-22)15(12-20-23)21-17(24)13-27-16-7-5-4-6-14(16)2/h4-7,12H,3,8-11,13H2,1-2H3,(H,21,24). The molecule has 0 bridgehead atoms. The van der Waals surface area contributed by atoms with E-state index in [9.17, 15) is 9.59 Å². The minimum atomic E-state index is -0.343. The predicted molar refractivity (Wildman–Crippen MR) is 99.9 cm³/mol. The zero-order chi connectivity index (χ0) is 19.2. The molecular weight excluding hydrogens is 348 g/mol. The molecule has 1 fully saturated rings. The van der Waals surface area contributed by atoms with Gasteiger partial charge in [0.25, 0.3) is 11.8 Å².